The molecule has 0 bridgehead atoms. The summed E-state index contributed by atoms with van der Waals surface area (Å²) in [5.74, 6) is 1.57. The van der Waals surface area contributed by atoms with E-state index < -0.39 is 0 Å². The number of nitrogens with one attached hydrogen (secondary N) is 1. The standard InChI is InChI=1S/C25H24N6O2/c1-30-14-26-29-23(30)25(12-24(13-25)7-8-24)16-3-2-4-17(9-16)31-10-18(15-5-6-15)20-21(22(31)33)28-19(11-32)27-20/h2-4,9-11,14-15H,5-8,12-13H2,1H3,(H,27,28). The minimum Gasteiger partial charge on any atom is -0.331 e. The van der Waals surface area contributed by atoms with Gasteiger partial charge in [-0.3, -0.25) is 14.2 Å². The van der Waals surface area contributed by atoms with Crippen molar-refractivity contribution in [3.8, 4) is 5.69 Å². The number of rotatable bonds is 5. The van der Waals surface area contributed by atoms with E-state index >= 15 is 0 Å². The van der Waals surface area contributed by atoms with Gasteiger partial charge in [-0.2, -0.15) is 0 Å². The van der Waals surface area contributed by atoms with Gasteiger partial charge in [-0.15, -0.1) is 10.2 Å². The summed E-state index contributed by atoms with van der Waals surface area (Å²) in [5, 5.41) is 8.66. The van der Waals surface area contributed by atoms with E-state index in [4.69, 9.17) is 0 Å². The molecule has 3 aliphatic rings. The number of carbonyl (C=O) groups excluding carboxylic acids is 1. The van der Waals surface area contributed by atoms with Crippen LogP contribution in [0.1, 0.15) is 72.0 Å². The van der Waals surface area contributed by atoms with Gasteiger partial charge in [0.15, 0.2) is 12.1 Å². The number of hydrogen-bond donors (Lipinski definition) is 1. The van der Waals surface area contributed by atoms with Crippen LogP contribution >= 0.6 is 0 Å². The average Bonchev–Trinajstić information content (AvgIpc) is 3.71. The Hall–Kier alpha value is -3.55. The van der Waals surface area contributed by atoms with Gasteiger partial charge < -0.3 is 9.55 Å². The number of pyridine rings is 1. The van der Waals surface area contributed by atoms with Crippen molar-refractivity contribution in [2.24, 2.45) is 12.5 Å². The van der Waals surface area contributed by atoms with E-state index in [1.54, 1.807) is 10.9 Å². The van der Waals surface area contributed by atoms with Gasteiger partial charge in [-0.1, -0.05) is 12.1 Å². The number of imidazole rings is 1. The zero-order valence-electron chi connectivity index (χ0n) is 18.4. The molecule has 3 saturated carbocycles. The average molecular weight is 441 g/mol. The van der Waals surface area contributed by atoms with Gasteiger partial charge in [0.1, 0.15) is 17.7 Å². The van der Waals surface area contributed by atoms with E-state index in [-0.39, 0.29) is 16.8 Å². The first-order chi connectivity index (χ1) is 16.0. The summed E-state index contributed by atoms with van der Waals surface area (Å²) in [6, 6.07) is 8.28. The molecule has 33 heavy (non-hydrogen) atoms. The molecule has 3 fully saturated rings. The number of aromatic nitrogens is 6. The Bertz CT molecular complexity index is 1490. The van der Waals surface area contributed by atoms with Gasteiger partial charge in [0, 0.05) is 24.5 Å². The molecule has 166 valence electrons. The lowest BCUT2D eigenvalue weighted by Gasteiger charge is -2.48. The second kappa shape index (κ2) is 6.27. The molecular formula is C25H24N6O2. The maximum absolute atomic E-state index is 13.4. The zero-order valence-corrected chi connectivity index (χ0v) is 18.4. The molecule has 0 aliphatic heterocycles. The van der Waals surface area contributed by atoms with E-state index in [0.717, 1.165) is 42.8 Å². The molecule has 3 heterocycles. The number of hydrogen-bond acceptors (Lipinski definition) is 5. The number of aromatic amines is 1. The minimum atomic E-state index is -0.188. The molecule has 1 spiro atoms. The van der Waals surface area contributed by atoms with E-state index in [1.807, 2.05) is 29.9 Å². The van der Waals surface area contributed by atoms with Crippen molar-refractivity contribution in [1.82, 2.24) is 29.3 Å². The fourth-order valence-corrected chi connectivity index (χ4v) is 6.00. The molecule has 1 aromatic carbocycles. The predicted molar refractivity (Wildman–Crippen MR) is 122 cm³/mol. The Balaban J connectivity index is 1.40. The summed E-state index contributed by atoms with van der Waals surface area (Å²) in [6.07, 6.45) is 11.2. The molecule has 8 heteroatoms. The number of fused-ring (bicyclic) bond motifs is 1. The first-order valence-corrected chi connectivity index (χ1v) is 11.6. The van der Waals surface area contributed by atoms with Crippen molar-refractivity contribution in [3.63, 3.8) is 0 Å². The topological polar surface area (TPSA) is 98.5 Å². The molecule has 1 N–H and O–H groups in total. The molecular weight excluding hydrogens is 416 g/mol. The predicted octanol–water partition coefficient (Wildman–Crippen LogP) is 3.39. The highest BCUT2D eigenvalue weighted by Crippen LogP contribution is 2.70. The maximum atomic E-state index is 13.4. The second-order valence-corrected chi connectivity index (χ2v) is 10.2. The quantitative estimate of drug-likeness (QED) is 0.480. The van der Waals surface area contributed by atoms with Crippen LogP contribution in [0.3, 0.4) is 0 Å². The Kier molecular flexibility index (Phi) is 3.61. The lowest BCUT2D eigenvalue weighted by molar-refractivity contribution is 0.111. The lowest BCUT2D eigenvalue weighted by Crippen LogP contribution is -2.45. The molecule has 0 atom stereocenters. The number of H-pyrrole nitrogens is 1. The molecule has 8 nitrogen and oxygen atoms in total. The SMILES string of the molecule is Cn1cnnc1C1(c2cccc(-n3cc(C4CC4)c4nc(C=O)[nH]c4c3=O)c2)CC2(CC2)C1. The molecule has 0 saturated heterocycles. The van der Waals surface area contributed by atoms with E-state index in [9.17, 15) is 9.59 Å². The van der Waals surface area contributed by atoms with Crippen molar-refractivity contribution >= 4 is 17.3 Å². The highest BCUT2D eigenvalue weighted by Gasteiger charge is 2.63. The highest BCUT2D eigenvalue weighted by molar-refractivity contribution is 5.84. The number of benzene rings is 1. The minimum absolute atomic E-state index is 0.177. The largest absolute Gasteiger partial charge is 0.331 e. The van der Waals surface area contributed by atoms with Crippen LogP contribution in [0.15, 0.2) is 41.6 Å². The van der Waals surface area contributed by atoms with Crippen molar-refractivity contribution in [3.05, 3.63) is 69.9 Å². The van der Waals surface area contributed by atoms with Crippen LogP contribution in [0.25, 0.3) is 16.7 Å². The second-order valence-electron chi connectivity index (χ2n) is 10.2. The number of aldehydes is 1. The van der Waals surface area contributed by atoms with Crippen molar-refractivity contribution < 1.29 is 4.79 Å². The van der Waals surface area contributed by atoms with Crippen LogP contribution in [0.4, 0.5) is 0 Å². The van der Waals surface area contributed by atoms with Crippen molar-refractivity contribution in [1.29, 1.82) is 0 Å². The van der Waals surface area contributed by atoms with Crippen LogP contribution in [0.5, 0.6) is 0 Å². The molecule has 3 aromatic heterocycles. The van der Waals surface area contributed by atoms with Gasteiger partial charge in [0.2, 0.25) is 0 Å². The van der Waals surface area contributed by atoms with Gasteiger partial charge in [-0.05, 0) is 67.6 Å². The lowest BCUT2D eigenvalue weighted by atomic mass is 9.56. The maximum Gasteiger partial charge on any atom is 0.281 e. The summed E-state index contributed by atoms with van der Waals surface area (Å²) in [4.78, 5) is 32.1. The molecule has 0 unspecified atom stereocenters. The van der Waals surface area contributed by atoms with E-state index in [2.05, 4.69) is 32.3 Å². The molecule has 0 amide bonds. The van der Waals surface area contributed by atoms with Crippen LogP contribution in [-0.4, -0.2) is 35.6 Å². The van der Waals surface area contributed by atoms with Crippen LogP contribution < -0.4 is 5.56 Å². The third-order valence-electron chi connectivity index (χ3n) is 7.95. The van der Waals surface area contributed by atoms with Crippen LogP contribution in [0.2, 0.25) is 0 Å². The summed E-state index contributed by atoms with van der Waals surface area (Å²) >= 11 is 0. The Morgan fingerprint density at radius 3 is 2.70 bits per heavy atom. The fourth-order valence-electron chi connectivity index (χ4n) is 6.00. The van der Waals surface area contributed by atoms with E-state index in [1.165, 1.54) is 18.4 Å². The zero-order chi connectivity index (χ0) is 22.4. The van der Waals surface area contributed by atoms with Gasteiger partial charge in [0.25, 0.3) is 5.56 Å². The highest BCUT2D eigenvalue weighted by atomic mass is 16.1. The van der Waals surface area contributed by atoms with Gasteiger partial charge in [-0.25, -0.2) is 4.98 Å². The number of nitrogens with zero attached hydrogens (tertiary/aromatic N) is 5. The third-order valence-corrected chi connectivity index (χ3v) is 7.95. The Labute approximate surface area is 189 Å². The monoisotopic (exact) mass is 440 g/mol. The van der Waals surface area contributed by atoms with Crippen LogP contribution in [-0.2, 0) is 12.5 Å². The summed E-state index contributed by atoms with van der Waals surface area (Å²) < 4.78 is 3.74. The first kappa shape index (κ1) is 19.0. The van der Waals surface area contributed by atoms with Gasteiger partial charge in [0.05, 0.1) is 10.9 Å². The Morgan fingerprint density at radius 1 is 1.21 bits per heavy atom. The fraction of sp³-hybridized carbons (Fsp3) is 0.400. The number of carbonyl (C=O) groups is 1. The number of aryl methyl sites for hydroxylation is 1. The molecule has 7 rings (SSSR count). The molecule has 0 radical (unpaired) electrons. The van der Waals surface area contributed by atoms with Crippen LogP contribution in [0, 0.1) is 5.41 Å². The van der Waals surface area contributed by atoms with Crippen molar-refractivity contribution in [2.75, 3.05) is 0 Å². The smallest absolute Gasteiger partial charge is 0.281 e. The normalized spacial score (nSPS) is 20.2. The first-order valence-electron chi connectivity index (χ1n) is 11.6. The molecule has 4 aromatic rings. The summed E-state index contributed by atoms with van der Waals surface area (Å²) in [5.41, 5.74) is 4.14. The van der Waals surface area contributed by atoms with Crippen molar-refractivity contribution in [2.45, 2.75) is 49.9 Å². The van der Waals surface area contributed by atoms with Gasteiger partial charge >= 0.3 is 0 Å². The third kappa shape index (κ3) is 2.66. The summed E-state index contributed by atoms with van der Waals surface area (Å²) in [7, 11) is 2.00. The summed E-state index contributed by atoms with van der Waals surface area (Å²) in [6.45, 7) is 0. The Morgan fingerprint density at radius 2 is 2.03 bits per heavy atom. The molecule has 3 aliphatic carbocycles. The van der Waals surface area contributed by atoms with E-state index in [0.29, 0.717) is 28.7 Å².